The minimum absolute atomic E-state index is 0.0279. The van der Waals surface area contributed by atoms with Crippen molar-refractivity contribution < 1.29 is 9.59 Å². The van der Waals surface area contributed by atoms with Crippen molar-refractivity contribution in [1.82, 2.24) is 10.6 Å². The first-order valence-electron chi connectivity index (χ1n) is 8.49. The Balaban J connectivity index is 1.95. The molecule has 1 aliphatic heterocycles. The number of carbonyl (C=O) groups excluding carboxylic acids is 2. The highest BCUT2D eigenvalue weighted by atomic mass is 16.2. The Kier molecular flexibility index (Phi) is 6.59. The molecule has 2 unspecified atom stereocenters. The van der Waals surface area contributed by atoms with Gasteiger partial charge in [0.1, 0.15) is 0 Å². The number of nitrogens with one attached hydrogen (secondary N) is 3. The highest BCUT2D eigenvalue weighted by Gasteiger charge is 2.22. The van der Waals surface area contributed by atoms with Gasteiger partial charge in [-0.1, -0.05) is 19.1 Å². The number of rotatable bonds is 6. The van der Waals surface area contributed by atoms with Crippen molar-refractivity contribution >= 4 is 17.5 Å². The summed E-state index contributed by atoms with van der Waals surface area (Å²) in [5, 5.41) is 9.06. The number of carbonyl (C=O) groups is 2. The van der Waals surface area contributed by atoms with Gasteiger partial charge in [-0.3, -0.25) is 9.59 Å². The largest absolute Gasteiger partial charge is 0.352 e. The number of amides is 2. The zero-order chi connectivity index (χ0) is 16.7. The van der Waals surface area contributed by atoms with Crippen molar-refractivity contribution in [2.45, 2.75) is 33.1 Å². The van der Waals surface area contributed by atoms with Gasteiger partial charge in [0, 0.05) is 13.0 Å². The van der Waals surface area contributed by atoms with Crippen LogP contribution in [0.15, 0.2) is 24.3 Å². The summed E-state index contributed by atoms with van der Waals surface area (Å²) in [6.07, 6.45) is 2.84. The van der Waals surface area contributed by atoms with Gasteiger partial charge in [0.15, 0.2) is 0 Å². The maximum atomic E-state index is 12.3. The van der Waals surface area contributed by atoms with Gasteiger partial charge in [-0.25, -0.2) is 0 Å². The Labute approximate surface area is 138 Å². The van der Waals surface area contributed by atoms with E-state index in [0.717, 1.165) is 13.1 Å². The van der Waals surface area contributed by atoms with Crippen LogP contribution in [0.3, 0.4) is 0 Å². The highest BCUT2D eigenvalue weighted by molar-refractivity contribution is 6.03. The topological polar surface area (TPSA) is 70.2 Å². The van der Waals surface area contributed by atoms with Crippen LogP contribution >= 0.6 is 0 Å². The van der Waals surface area contributed by atoms with Gasteiger partial charge in [0.2, 0.25) is 5.91 Å². The molecular weight excluding hydrogens is 290 g/mol. The SMILES string of the molecule is CCNC(=O)c1ccccc1NC(=O)CC(C)C1CCCNC1. The van der Waals surface area contributed by atoms with Crippen LogP contribution in [0.2, 0.25) is 0 Å². The molecule has 2 amide bonds. The highest BCUT2D eigenvalue weighted by Crippen LogP contribution is 2.23. The minimum atomic E-state index is -0.159. The first-order valence-corrected chi connectivity index (χ1v) is 8.49. The van der Waals surface area contributed by atoms with Gasteiger partial charge in [-0.05, 0) is 56.8 Å². The molecule has 0 spiro atoms. The fourth-order valence-electron chi connectivity index (χ4n) is 3.07. The third-order valence-electron chi connectivity index (χ3n) is 4.43. The third kappa shape index (κ3) is 5.06. The molecule has 1 aromatic rings. The van der Waals surface area contributed by atoms with Crippen LogP contribution in [-0.4, -0.2) is 31.4 Å². The second-order valence-electron chi connectivity index (χ2n) is 6.24. The zero-order valence-electron chi connectivity index (χ0n) is 14.0. The quantitative estimate of drug-likeness (QED) is 0.754. The third-order valence-corrected chi connectivity index (χ3v) is 4.43. The van der Waals surface area contributed by atoms with E-state index in [1.165, 1.54) is 12.8 Å². The predicted molar refractivity (Wildman–Crippen MR) is 92.5 cm³/mol. The van der Waals surface area contributed by atoms with E-state index in [-0.39, 0.29) is 11.8 Å². The summed E-state index contributed by atoms with van der Waals surface area (Å²) in [5.74, 6) is 0.695. The average Bonchev–Trinajstić information content (AvgIpc) is 2.56. The van der Waals surface area contributed by atoms with E-state index in [1.807, 2.05) is 13.0 Å². The Bertz CT molecular complexity index is 539. The van der Waals surface area contributed by atoms with E-state index in [2.05, 4.69) is 22.9 Å². The Hall–Kier alpha value is -1.88. The monoisotopic (exact) mass is 317 g/mol. The van der Waals surface area contributed by atoms with Crippen molar-refractivity contribution in [3.8, 4) is 0 Å². The molecule has 0 aromatic heterocycles. The molecule has 3 N–H and O–H groups in total. The van der Waals surface area contributed by atoms with Crippen LogP contribution in [0.1, 0.15) is 43.5 Å². The Morgan fingerprint density at radius 2 is 2.13 bits per heavy atom. The molecular formula is C18H27N3O2. The van der Waals surface area contributed by atoms with Gasteiger partial charge >= 0.3 is 0 Å². The van der Waals surface area contributed by atoms with Gasteiger partial charge in [0.05, 0.1) is 11.3 Å². The van der Waals surface area contributed by atoms with Crippen LogP contribution < -0.4 is 16.0 Å². The number of piperidine rings is 1. The molecule has 0 aliphatic carbocycles. The lowest BCUT2D eigenvalue weighted by Gasteiger charge is -2.28. The summed E-state index contributed by atoms with van der Waals surface area (Å²) in [6.45, 7) is 6.64. The summed E-state index contributed by atoms with van der Waals surface area (Å²) in [7, 11) is 0. The molecule has 2 atom stereocenters. The lowest BCUT2D eigenvalue weighted by Crippen LogP contribution is -2.34. The molecule has 5 nitrogen and oxygen atoms in total. The van der Waals surface area contributed by atoms with Crippen molar-refractivity contribution in [2.24, 2.45) is 11.8 Å². The number of hydrogen-bond acceptors (Lipinski definition) is 3. The first-order chi connectivity index (χ1) is 11.1. The van der Waals surface area contributed by atoms with E-state index in [1.54, 1.807) is 18.2 Å². The summed E-state index contributed by atoms with van der Waals surface area (Å²) in [4.78, 5) is 24.4. The molecule has 23 heavy (non-hydrogen) atoms. The summed E-state index contributed by atoms with van der Waals surface area (Å²) >= 11 is 0. The smallest absolute Gasteiger partial charge is 0.253 e. The molecule has 0 saturated carbocycles. The molecule has 1 fully saturated rings. The lowest BCUT2D eigenvalue weighted by atomic mass is 9.85. The summed E-state index contributed by atoms with van der Waals surface area (Å²) in [5.41, 5.74) is 1.09. The number of benzene rings is 1. The molecule has 126 valence electrons. The fourth-order valence-corrected chi connectivity index (χ4v) is 3.07. The Morgan fingerprint density at radius 1 is 1.35 bits per heavy atom. The second-order valence-corrected chi connectivity index (χ2v) is 6.24. The van der Waals surface area contributed by atoms with Crippen LogP contribution in [0.25, 0.3) is 0 Å². The molecule has 1 saturated heterocycles. The van der Waals surface area contributed by atoms with Crippen molar-refractivity contribution in [3.63, 3.8) is 0 Å². The summed E-state index contributed by atoms with van der Waals surface area (Å²) in [6, 6.07) is 7.13. The van der Waals surface area contributed by atoms with Crippen molar-refractivity contribution in [1.29, 1.82) is 0 Å². The van der Waals surface area contributed by atoms with E-state index in [0.29, 0.717) is 36.1 Å². The van der Waals surface area contributed by atoms with E-state index < -0.39 is 0 Å². The zero-order valence-corrected chi connectivity index (χ0v) is 14.0. The van der Waals surface area contributed by atoms with Crippen molar-refractivity contribution in [2.75, 3.05) is 25.0 Å². The average molecular weight is 317 g/mol. The molecule has 1 aromatic carbocycles. The minimum Gasteiger partial charge on any atom is -0.352 e. The van der Waals surface area contributed by atoms with Crippen molar-refractivity contribution in [3.05, 3.63) is 29.8 Å². The van der Waals surface area contributed by atoms with E-state index >= 15 is 0 Å². The molecule has 1 aliphatic rings. The lowest BCUT2D eigenvalue weighted by molar-refractivity contribution is -0.117. The molecule has 0 radical (unpaired) electrons. The van der Waals surface area contributed by atoms with Crippen LogP contribution in [0.4, 0.5) is 5.69 Å². The van der Waals surface area contributed by atoms with Gasteiger partial charge in [-0.2, -0.15) is 0 Å². The summed E-state index contributed by atoms with van der Waals surface area (Å²) < 4.78 is 0. The van der Waals surface area contributed by atoms with Crippen LogP contribution in [-0.2, 0) is 4.79 Å². The molecule has 0 bridgehead atoms. The Morgan fingerprint density at radius 3 is 2.83 bits per heavy atom. The second kappa shape index (κ2) is 8.67. The number of anilines is 1. The first kappa shape index (κ1) is 17.5. The van der Waals surface area contributed by atoms with Gasteiger partial charge in [-0.15, -0.1) is 0 Å². The van der Waals surface area contributed by atoms with E-state index in [4.69, 9.17) is 0 Å². The van der Waals surface area contributed by atoms with E-state index in [9.17, 15) is 9.59 Å². The number of para-hydroxylation sites is 1. The molecule has 5 heteroatoms. The maximum absolute atomic E-state index is 12.3. The van der Waals surface area contributed by atoms with Crippen LogP contribution in [0, 0.1) is 11.8 Å². The predicted octanol–water partition coefficient (Wildman–Crippen LogP) is 2.40. The maximum Gasteiger partial charge on any atom is 0.253 e. The molecule has 2 rings (SSSR count). The van der Waals surface area contributed by atoms with Gasteiger partial charge in [0.25, 0.3) is 5.91 Å². The van der Waals surface area contributed by atoms with Gasteiger partial charge < -0.3 is 16.0 Å². The standard InChI is InChI=1S/C18H27N3O2/c1-3-20-18(23)15-8-4-5-9-16(15)21-17(22)11-13(2)14-7-6-10-19-12-14/h4-5,8-9,13-14,19H,3,6-7,10-12H2,1-2H3,(H,20,23)(H,21,22). The van der Waals surface area contributed by atoms with Crippen LogP contribution in [0.5, 0.6) is 0 Å². The number of hydrogen-bond donors (Lipinski definition) is 3. The molecule has 1 heterocycles. The fraction of sp³-hybridized carbons (Fsp3) is 0.556. The normalized spacial score (nSPS) is 19.0.